The topological polar surface area (TPSA) is 78.7 Å². The number of fused-ring (bicyclic) bond motifs is 3. The first-order valence-corrected chi connectivity index (χ1v) is 12.3. The molecule has 4 aromatic rings. The van der Waals surface area contributed by atoms with Gasteiger partial charge in [-0.1, -0.05) is 53.7 Å². The highest BCUT2D eigenvalue weighted by molar-refractivity contribution is 5.93. The van der Waals surface area contributed by atoms with Gasteiger partial charge in [0.2, 0.25) is 0 Å². The molecule has 3 aromatic carbocycles. The summed E-state index contributed by atoms with van der Waals surface area (Å²) in [5, 5.41) is 8.52. The Kier molecular flexibility index (Phi) is 7.46. The Hall–Kier alpha value is -4.17. The highest BCUT2D eigenvalue weighted by Gasteiger charge is 2.24. The van der Waals surface area contributed by atoms with Crippen molar-refractivity contribution in [3.8, 4) is 17.2 Å². The van der Waals surface area contributed by atoms with E-state index in [1.54, 1.807) is 16.7 Å². The zero-order chi connectivity index (χ0) is 25.6. The van der Waals surface area contributed by atoms with Crippen molar-refractivity contribution in [3.05, 3.63) is 101 Å². The van der Waals surface area contributed by atoms with Crippen molar-refractivity contribution in [1.82, 2.24) is 19.9 Å². The number of ether oxygens (including phenoxy) is 3. The summed E-state index contributed by atoms with van der Waals surface area (Å²) in [7, 11) is 1.62. The minimum absolute atomic E-state index is 0.186. The van der Waals surface area contributed by atoms with Crippen LogP contribution in [0.1, 0.15) is 32.9 Å². The molecule has 1 aromatic heterocycles. The minimum Gasteiger partial charge on any atom is -0.497 e. The van der Waals surface area contributed by atoms with E-state index in [9.17, 15) is 4.79 Å². The Morgan fingerprint density at radius 3 is 2.68 bits per heavy atom. The fraction of sp³-hybridized carbons (Fsp3) is 0.276. The summed E-state index contributed by atoms with van der Waals surface area (Å²) in [5.41, 5.74) is 5.08. The van der Waals surface area contributed by atoms with Crippen LogP contribution >= 0.6 is 0 Å². The van der Waals surface area contributed by atoms with Gasteiger partial charge in [-0.05, 0) is 41.8 Å². The van der Waals surface area contributed by atoms with E-state index in [1.807, 2.05) is 61.5 Å². The largest absolute Gasteiger partial charge is 0.497 e. The average molecular weight is 499 g/mol. The lowest BCUT2D eigenvalue weighted by Gasteiger charge is -2.23. The fourth-order valence-electron chi connectivity index (χ4n) is 4.47. The summed E-state index contributed by atoms with van der Waals surface area (Å²) in [4.78, 5) is 15.5. The Labute approximate surface area is 216 Å². The molecule has 0 atom stereocenters. The molecule has 0 saturated heterocycles. The predicted octanol–water partition coefficient (Wildman–Crippen LogP) is 4.23. The van der Waals surface area contributed by atoms with Crippen LogP contribution in [0.2, 0.25) is 0 Å². The molecule has 1 amide bonds. The van der Waals surface area contributed by atoms with Gasteiger partial charge in [-0.25, -0.2) is 4.68 Å². The summed E-state index contributed by atoms with van der Waals surface area (Å²) >= 11 is 0. The van der Waals surface area contributed by atoms with Gasteiger partial charge in [0.15, 0.2) is 5.69 Å². The van der Waals surface area contributed by atoms with Crippen LogP contribution < -0.4 is 9.47 Å². The Bertz CT molecular complexity index is 1380. The van der Waals surface area contributed by atoms with Gasteiger partial charge >= 0.3 is 0 Å². The fourth-order valence-corrected chi connectivity index (χ4v) is 4.47. The number of carbonyl (C=O) groups is 1. The molecule has 0 saturated carbocycles. The highest BCUT2D eigenvalue weighted by Crippen LogP contribution is 2.23. The number of hydrogen-bond donors (Lipinski definition) is 0. The number of rotatable bonds is 3. The molecule has 8 heteroatoms. The van der Waals surface area contributed by atoms with Gasteiger partial charge in [-0.15, -0.1) is 5.10 Å². The number of aromatic nitrogens is 3. The van der Waals surface area contributed by atoms with Gasteiger partial charge in [0.1, 0.15) is 18.1 Å². The van der Waals surface area contributed by atoms with Crippen molar-refractivity contribution in [1.29, 1.82) is 0 Å². The third-order valence-corrected chi connectivity index (χ3v) is 6.41. The lowest BCUT2D eigenvalue weighted by Crippen LogP contribution is -2.34. The van der Waals surface area contributed by atoms with Crippen LogP contribution in [0, 0.1) is 6.92 Å². The molecule has 0 fully saturated rings. The zero-order valence-electron chi connectivity index (χ0n) is 21.1. The van der Waals surface area contributed by atoms with Gasteiger partial charge in [-0.3, -0.25) is 4.79 Å². The number of amides is 1. The maximum Gasteiger partial charge on any atom is 0.276 e. The van der Waals surface area contributed by atoms with Gasteiger partial charge in [0, 0.05) is 25.6 Å². The smallest absolute Gasteiger partial charge is 0.276 e. The molecule has 1 aliphatic rings. The van der Waals surface area contributed by atoms with E-state index in [-0.39, 0.29) is 5.91 Å². The van der Waals surface area contributed by atoms with E-state index >= 15 is 0 Å². The molecule has 0 aliphatic carbocycles. The minimum atomic E-state index is -0.186. The third-order valence-electron chi connectivity index (χ3n) is 6.41. The second-order valence-electron chi connectivity index (χ2n) is 8.93. The number of nitrogens with zero attached hydrogens (tertiary/aromatic N) is 4. The molecule has 0 unspecified atom stereocenters. The maximum absolute atomic E-state index is 13.7. The molecule has 37 heavy (non-hydrogen) atoms. The van der Waals surface area contributed by atoms with E-state index < -0.39 is 0 Å². The lowest BCUT2D eigenvalue weighted by atomic mass is 10.0. The maximum atomic E-state index is 13.7. The summed E-state index contributed by atoms with van der Waals surface area (Å²) in [5.74, 6) is 1.40. The first-order valence-electron chi connectivity index (χ1n) is 12.3. The standard InChI is InChI=1S/C29H30N4O4/c1-21-28(30-31-33(21)25-10-6-11-26(19-25)35-2)29(34)32-13-14-36-15-16-37-27-12-4-3-9-24(27)18-22-7-5-8-23(17-22)20-32/h3-12,17,19H,13-16,18,20H2,1-2H3. The number of para-hydroxylation sites is 1. The van der Waals surface area contributed by atoms with E-state index in [0.717, 1.165) is 34.5 Å². The Balaban J connectivity index is 1.42. The average Bonchev–Trinajstić information content (AvgIpc) is 3.31. The lowest BCUT2D eigenvalue weighted by molar-refractivity contribution is 0.0566. The molecule has 1 aliphatic heterocycles. The van der Waals surface area contributed by atoms with E-state index in [0.29, 0.717) is 50.0 Å². The van der Waals surface area contributed by atoms with Crippen molar-refractivity contribution in [3.63, 3.8) is 0 Å². The molecule has 0 spiro atoms. The zero-order valence-corrected chi connectivity index (χ0v) is 21.1. The number of hydrogen-bond acceptors (Lipinski definition) is 6. The van der Waals surface area contributed by atoms with Crippen LogP contribution in [-0.2, 0) is 17.7 Å². The SMILES string of the molecule is COc1cccc(-n2nnc(C(=O)N3CCOCCOc4ccccc4Cc4cccc(c4)C3)c2C)c1. The predicted molar refractivity (Wildman–Crippen MR) is 139 cm³/mol. The molecule has 5 rings (SSSR count). The molecule has 2 bridgehead atoms. The molecule has 190 valence electrons. The van der Waals surface area contributed by atoms with E-state index in [2.05, 4.69) is 28.5 Å². The molecule has 2 heterocycles. The molecular formula is C29H30N4O4. The monoisotopic (exact) mass is 498 g/mol. The van der Waals surface area contributed by atoms with Crippen molar-refractivity contribution in [2.45, 2.75) is 19.9 Å². The van der Waals surface area contributed by atoms with Crippen LogP contribution in [0.3, 0.4) is 0 Å². The summed E-state index contributed by atoms with van der Waals surface area (Å²) in [6, 6.07) is 23.9. The van der Waals surface area contributed by atoms with Crippen molar-refractivity contribution in [2.75, 3.05) is 33.5 Å². The van der Waals surface area contributed by atoms with Crippen LogP contribution in [0.25, 0.3) is 5.69 Å². The van der Waals surface area contributed by atoms with Crippen molar-refractivity contribution in [2.24, 2.45) is 0 Å². The molecule has 8 nitrogen and oxygen atoms in total. The van der Waals surface area contributed by atoms with Crippen LogP contribution in [-0.4, -0.2) is 59.3 Å². The summed E-state index contributed by atoms with van der Waals surface area (Å²) in [6.07, 6.45) is 0.743. The first kappa shape index (κ1) is 24.5. The summed E-state index contributed by atoms with van der Waals surface area (Å²) < 4.78 is 18.8. The van der Waals surface area contributed by atoms with Gasteiger partial charge in [0.25, 0.3) is 5.91 Å². The summed E-state index contributed by atoms with van der Waals surface area (Å²) in [6.45, 7) is 3.98. The molecule has 0 radical (unpaired) electrons. The second kappa shape index (κ2) is 11.3. The van der Waals surface area contributed by atoms with Gasteiger partial charge in [0.05, 0.1) is 31.7 Å². The van der Waals surface area contributed by atoms with Gasteiger partial charge in [-0.2, -0.15) is 0 Å². The number of methoxy groups -OCH3 is 1. The quantitative estimate of drug-likeness (QED) is 0.421. The van der Waals surface area contributed by atoms with E-state index in [1.165, 1.54) is 0 Å². The van der Waals surface area contributed by atoms with Crippen LogP contribution in [0.15, 0.2) is 72.8 Å². The number of carbonyl (C=O) groups excluding carboxylic acids is 1. The third kappa shape index (κ3) is 5.65. The highest BCUT2D eigenvalue weighted by atomic mass is 16.5. The normalized spacial score (nSPS) is 14.3. The van der Waals surface area contributed by atoms with Crippen molar-refractivity contribution >= 4 is 5.91 Å². The van der Waals surface area contributed by atoms with Crippen LogP contribution in [0.5, 0.6) is 11.5 Å². The van der Waals surface area contributed by atoms with Crippen molar-refractivity contribution < 1.29 is 19.0 Å². The Morgan fingerprint density at radius 1 is 0.946 bits per heavy atom. The van der Waals surface area contributed by atoms with Crippen LogP contribution in [0.4, 0.5) is 0 Å². The number of benzene rings is 3. The molecular weight excluding hydrogens is 468 g/mol. The first-order chi connectivity index (χ1) is 18.1. The molecule has 0 N–H and O–H groups in total. The second-order valence-corrected chi connectivity index (χ2v) is 8.93. The van der Waals surface area contributed by atoms with E-state index in [4.69, 9.17) is 14.2 Å². The Morgan fingerprint density at radius 2 is 1.78 bits per heavy atom. The van der Waals surface area contributed by atoms with Gasteiger partial charge < -0.3 is 19.1 Å².